The average molecular weight is 283 g/mol. The molecular weight excluding hydrogens is 269 g/mol. The first-order valence-corrected chi connectivity index (χ1v) is 6.74. The summed E-state index contributed by atoms with van der Waals surface area (Å²) in [7, 11) is 0. The lowest BCUT2D eigenvalue weighted by Crippen LogP contribution is -2.01. The fraction of sp³-hybridized carbons (Fsp3) is 0.188. The Kier molecular flexibility index (Phi) is 3.25. The Morgan fingerprint density at radius 3 is 2.81 bits per heavy atom. The fourth-order valence-electron chi connectivity index (χ4n) is 2.24. The standard InChI is InChI=1S/C16H14FN3O/c1-3-15(21)13-9-16-18-7-6-14(20(16)19-13)11-5-4-10(2)8-12(11)17/h4-9H,3H2,1-2H3. The zero-order valence-electron chi connectivity index (χ0n) is 11.8. The maximum absolute atomic E-state index is 14.2. The SMILES string of the molecule is CCC(=O)c1cc2nccc(-c3ccc(C)cc3F)n2n1. The molecule has 0 spiro atoms. The smallest absolute Gasteiger partial charge is 0.182 e. The quantitative estimate of drug-likeness (QED) is 0.692. The molecule has 4 nitrogen and oxygen atoms in total. The third-order valence-electron chi connectivity index (χ3n) is 3.37. The van der Waals surface area contributed by atoms with Crippen molar-refractivity contribution < 1.29 is 9.18 Å². The summed E-state index contributed by atoms with van der Waals surface area (Å²) >= 11 is 0. The summed E-state index contributed by atoms with van der Waals surface area (Å²) in [6.45, 7) is 3.61. The van der Waals surface area contributed by atoms with Crippen LogP contribution in [-0.4, -0.2) is 20.4 Å². The Labute approximate surface area is 121 Å². The Balaban J connectivity index is 2.23. The molecule has 2 heterocycles. The number of aryl methyl sites for hydroxylation is 1. The Bertz CT molecular complexity index is 839. The highest BCUT2D eigenvalue weighted by molar-refractivity contribution is 5.95. The van der Waals surface area contributed by atoms with Crippen LogP contribution >= 0.6 is 0 Å². The second-order valence-corrected chi connectivity index (χ2v) is 4.89. The monoisotopic (exact) mass is 283 g/mol. The molecule has 0 N–H and O–H groups in total. The molecule has 0 atom stereocenters. The summed E-state index contributed by atoms with van der Waals surface area (Å²) in [4.78, 5) is 15.9. The van der Waals surface area contributed by atoms with Gasteiger partial charge in [-0.2, -0.15) is 5.10 Å². The predicted octanol–water partition coefficient (Wildman–Crippen LogP) is 3.44. The van der Waals surface area contributed by atoms with Crippen LogP contribution in [0.15, 0.2) is 36.5 Å². The van der Waals surface area contributed by atoms with Crippen molar-refractivity contribution in [2.45, 2.75) is 20.3 Å². The van der Waals surface area contributed by atoms with Crippen molar-refractivity contribution in [1.29, 1.82) is 0 Å². The van der Waals surface area contributed by atoms with Gasteiger partial charge in [-0.1, -0.05) is 13.0 Å². The van der Waals surface area contributed by atoms with E-state index in [2.05, 4.69) is 10.1 Å². The van der Waals surface area contributed by atoms with Gasteiger partial charge in [-0.15, -0.1) is 0 Å². The maximum Gasteiger partial charge on any atom is 0.182 e. The number of carbonyl (C=O) groups is 1. The summed E-state index contributed by atoms with van der Waals surface area (Å²) in [5, 5.41) is 4.26. The van der Waals surface area contributed by atoms with Gasteiger partial charge in [-0.25, -0.2) is 13.9 Å². The number of benzene rings is 1. The van der Waals surface area contributed by atoms with Crippen molar-refractivity contribution in [1.82, 2.24) is 14.6 Å². The lowest BCUT2D eigenvalue weighted by atomic mass is 10.1. The van der Waals surface area contributed by atoms with Gasteiger partial charge in [0.25, 0.3) is 0 Å². The van der Waals surface area contributed by atoms with Crippen LogP contribution in [0.1, 0.15) is 29.4 Å². The van der Waals surface area contributed by atoms with Gasteiger partial charge in [-0.3, -0.25) is 4.79 Å². The lowest BCUT2D eigenvalue weighted by molar-refractivity contribution is 0.0983. The first kappa shape index (κ1) is 13.4. The summed E-state index contributed by atoms with van der Waals surface area (Å²) in [5.74, 6) is -0.378. The van der Waals surface area contributed by atoms with E-state index in [-0.39, 0.29) is 11.6 Å². The Hall–Kier alpha value is -2.56. The molecule has 0 saturated heterocycles. The molecule has 0 bridgehead atoms. The number of carbonyl (C=O) groups excluding carboxylic acids is 1. The second-order valence-electron chi connectivity index (χ2n) is 4.89. The van der Waals surface area contributed by atoms with E-state index in [0.29, 0.717) is 29.0 Å². The predicted molar refractivity (Wildman–Crippen MR) is 77.7 cm³/mol. The third kappa shape index (κ3) is 2.31. The van der Waals surface area contributed by atoms with Gasteiger partial charge in [0.05, 0.1) is 5.69 Å². The number of halogens is 1. The highest BCUT2D eigenvalue weighted by atomic mass is 19.1. The summed E-state index contributed by atoms with van der Waals surface area (Å²) in [5.41, 5.74) is 2.75. The summed E-state index contributed by atoms with van der Waals surface area (Å²) in [6.07, 6.45) is 1.96. The van der Waals surface area contributed by atoms with Gasteiger partial charge < -0.3 is 0 Å². The van der Waals surface area contributed by atoms with E-state index in [4.69, 9.17) is 0 Å². The van der Waals surface area contributed by atoms with E-state index in [1.165, 1.54) is 10.6 Å². The average Bonchev–Trinajstić information content (AvgIpc) is 2.90. The van der Waals surface area contributed by atoms with Crippen LogP contribution in [0.25, 0.3) is 16.9 Å². The largest absolute Gasteiger partial charge is 0.292 e. The summed E-state index contributed by atoms with van der Waals surface area (Å²) in [6, 6.07) is 8.34. The lowest BCUT2D eigenvalue weighted by Gasteiger charge is -2.06. The van der Waals surface area contributed by atoms with Gasteiger partial charge in [-0.05, 0) is 30.7 Å². The molecule has 3 aromatic rings. The zero-order chi connectivity index (χ0) is 15.0. The van der Waals surface area contributed by atoms with Crippen molar-refractivity contribution in [2.24, 2.45) is 0 Å². The number of hydrogen-bond donors (Lipinski definition) is 0. The first-order valence-electron chi connectivity index (χ1n) is 6.74. The van der Waals surface area contributed by atoms with E-state index in [9.17, 15) is 9.18 Å². The molecule has 3 rings (SSSR count). The Morgan fingerprint density at radius 2 is 2.10 bits per heavy atom. The van der Waals surface area contributed by atoms with Crippen LogP contribution in [0.4, 0.5) is 4.39 Å². The second kappa shape index (κ2) is 5.09. The third-order valence-corrected chi connectivity index (χ3v) is 3.37. The normalized spacial score (nSPS) is 11.0. The molecule has 21 heavy (non-hydrogen) atoms. The molecule has 0 fully saturated rings. The maximum atomic E-state index is 14.2. The van der Waals surface area contributed by atoms with E-state index < -0.39 is 0 Å². The minimum Gasteiger partial charge on any atom is -0.292 e. The first-order chi connectivity index (χ1) is 10.1. The van der Waals surface area contributed by atoms with Crippen LogP contribution in [-0.2, 0) is 0 Å². The molecule has 0 amide bonds. The number of nitrogens with zero attached hydrogens (tertiary/aromatic N) is 3. The molecule has 0 aliphatic heterocycles. The van der Waals surface area contributed by atoms with E-state index >= 15 is 0 Å². The molecule has 0 aliphatic rings. The highest BCUT2D eigenvalue weighted by Crippen LogP contribution is 2.24. The number of Topliss-reactive ketones (excluding diaryl/α,β-unsaturated/α-hetero) is 1. The molecule has 5 heteroatoms. The topological polar surface area (TPSA) is 47.3 Å². The van der Waals surface area contributed by atoms with Gasteiger partial charge in [0, 0.05) is 24.2 Å². The molecule has 1 aromatic carbocycles. The molecule has 0 aliphatic carbocycles. The van der Waals surface area contributed by atoms with Crippen molar-refractivity contribution in [2.75, 3.05) is 0 Å². The zero-order valence-corrected chi connectivity index (χ0v) is 11.8. The fourth-order valence-corrected chi connectivity index (χ4v) is 2.24. The van der Waals surface area contributed by atoms with Crippen molar-refractivity contribution in [3.8, 4) is 11.3 Å². The highest BCUT2D eigenvalue weighted by Gasteiger charge is 2.14. The number of hydrogen-bond acceptors (Lipinski definition) is 3. The number of rotatable bonds is 3. The van der Waals surface area contributed by atoms with Crippen LogP contribution in [0, 0.1) is 12.7 Å². The molecule has 2 aromatic heterocycles. The van der Waals surface area contributed by atoms with Crippen LogP contribution in [0.5, 0.6) is 0 Å². The molecule has 0 unspecified atom stereocenters. The van der Waals surface area contributed by atoms with Gasteiger partial charge >= 0.3 is 0 Å². The van der Waals surface area contributed by atoms with Crippen LogP contribution < -0.4 is 0 Å². The Morgan fingerprint density at radius 1 is 1.29 bits per heavy atom. The van der Waals surface area contributed by atoms with Gasteiger partial charge in [0.2, 0.25) is 0 Å². The minimum absolute atomic E-state index is 0.0594. The molecule has 0 radical (unpaired) electrons. The van der Waals surface area contributed by atoms with E-state index in [1.54, 1.807) is 31.3 Å². The number of fused-ring (bicyclic) bond motifs is 1. The van der Waals surface area contributed by atoms with E-state index in [1.807, 2.05) is 13.0 Å². The van der Waals surface area contributed by atoms with Crippen LogP contribution in [0.3, 0.4) is 0 Å². The molecule has 0 saturated carbocycles. The summed E-state index contributed by atoms with van der Waals surface area (Å²) < 4.78 is 15.7. The number of ketones is 1. The van der Waals surface area contributed by atoms with Crippen molar-refractivity contribution in [3.63, 3.8) is 0 Å². The minimum atomic E-state index is -0.318. The van der Waals surface area contributed by atoms with Crippen molar-refractivity contribution >= 4 is 11.4 Å². The van der Waals surface area contributed by atoms with Gasteiger partial charge in [0.15, 0.2) is 11.4 Å². The van der Waals surface area contributed by atoms with Gasteiger partial charge in [0.1, 0.15) is 11.5 Å². The van der Waals surface area contributed by atoms with Crippen molar-refractivity contribution in [3.05, 3.63) is 53.6 Å². The molecular formula is C16H14FN3O. The van der Waals surface area contributed by atoms with E-state index in [0.717, 1.165) is 5.56 Å². The van der Waals surface area contributed by atoms with Crippen LogP contribution in [0.2, 0.25) is 0 Å². The number of aromatic nitrogens is 3. The molecule has 106 valence electrons.